The van der Waals surface area contributed by atoms with Crippen molar-refractivity contribution in [1.29, 1.82) is 0 Å². The van der Waals surface area contributed by atoms with E-state index < -0.39 is 6.43 Å². The number of aryl methyl sites for hydroxylation is 1. The Bertz CT molecular complexity index is 578. The van der Waals surface area contributed by atoms with Crippen molar-refractivity contribution in [2.45, 2.75) is 52.2 Å². The van der Waals surface area contributed by atoms with Crippen LogP contribution in [-0.2, 0) is 0 Å². The van der Waals surface area contributed by atoms with Crippen molar-refractivity contribution in [2.75, 3.05) is 32.7 Å². The summed E-state index contributed by atoms with van der Waals surface area (Å²) >= 11 is 0. The molecular formula is C20H33F2IN4O. The SMILES string of the molecule is CCNC(=NCC(C)Oc1ccc(C)cc1)NC1CCN(CC(F)F)CC1.I. The number of benzene rings is 1. The highest BCUT2D eigenvalue weighted by molar-refractivity contribution is 14.0. The third-order valence-electron chi connectivity index (χ3n) is 4.53. The highest BCUT2D eigenvalue weighted by atomic mass is 127. The van der Waals surface area contributed by atoms with Gasteiger partial charge in [-0.15, -0.1) is 24.0 Å². The second kappa shape index (κ2) is 13.1. The molecule has 1 aliphatic heterocycles. The Morgan fingerprint density at radius 1 is 1.25 bits per heavy atom. The van der Waals surface area contributed by atoms with Crippen LogP contribution in [0.4, 0.5) is 8.78 Å². The summed E-state index contributed by atoms with van der Waals surface area (Å²) in [6, 6.07) is 8.23. The Labute approximate surface area is 184 Å². The molecule has 1 heterocycles. The van der Waals surface area contributed by atoms with E-state index in [0.29, 0.717) is 19.6 Å². The molecule has 0 aliphatic carbocycles. The topological polar surface area (TPSA) is 48.9 Å². The Morgan fingerprint density at radius 3 is 2.46 bits per heavy atom. The van der Waals surface area contributed by atoms with Crippen molar-refractivity contribution in [2.24, 2.45) is 4.99 Å². The molecule has 0 bridgehead atoms. The minimum absolute atomic E-state index is 0. The lowest BCUT2D eigenvalue weighted by Gasteiger charge is -2.32. The summed E-state index contributed by atoms with van der Waals surface area (Å²) in [5.74, 6) is 1.59. The molecule has 1 unspecified atom stereocenters. The number of halogens is 3. The maximum Gasteiger partial charge on any atom is 0.251 e. The Balaban J connectivity index is 0.00000392. The predicted molar refractivity (Wildman–Crippen MR) is 121 cm³/mol. The monoisotopic (exact) mass is 510 g/mol. The van der Waals surface area contributed by atoms with E-state index in [0.717, 1.165) is 31.1 Å². The number of nitrogens with zero attached hydrogens (tertiary/aromatic N) is 2. The molecular weight excluding hydrogens is 477 g/mol. The first kappa shape index (κ1) is 24.9. The van der Waals surface area contributed by atoms with Crippen LogP contribution in [0.2, 0.25) is 0 Å². The largest absolute Gasteiger partial charge is 0.489 e. The molecule has 1 fully saturated rings. The lowest BCUT2D eigenvalue weighted by Crippen LogP contribution is -2.49. The van der Waals surface area contributed by atoms with Crippen LogP contribution in [0.15, 0.2) is 29.3 Å². The van der Waals surface area contributed by atoms with Gasteiger partial charge in [-0.05, 0) is 45.7 Å². The molecule has 0 amide bonds. The first-order chi connectivity index (χ1) is 13.0. The van der Waals surface area contributed by atoms with Gasteiger partial charge >= 0.3 is 0 Å². The smallest absolute Gasteiger partial charge is 0.251 e. The fourth-order valence-electron chi connectivity index (χ4n) is 3.07. The molecule has 0 aromatic heterocycles. The van der Waals surface area contributed by atoms with E-state index in [1.165, 1.54) is 5.56 Å². The van der Waals surface area contributed by atoms with E-state index in [1.54, 1.807) is 0 Å². The van der Waals surface area contributed by atoms with Crippen molar-refractivity contribution >= 4 is 29.9 Å². The molecule has 1 aromatic carbocycles. The average Bonchev–Trinajstić information content (AvgIpc) is 2.63. The van der Waals surface area contributed by atoms with E-state index >= 15 is 0 Å². The van der Waals surface area contributed by atoms with Gasteiger partial charge in [-0.1, -0.05) is 17.7 Å². The van der Waals surface area contributed by atoms with Gasteiger partial charge in [0, 0.05) is 25.7 Å². The molecule has 0 spiro atoms. The van der Waals surface area contributed by atoms with E-state index in [9.17, 15) is 8.78 Å². The van der Waals surface area contributed by atoms with E-state index in [-0.39, 0.29) is 42.7 Å². The summed E-state index contributed by atoms with van der Waals surface area (Å²) in [5.41, 5.74) is 1.20. The zero-order valence-electron chi connectivity index (χ0n) is 17.0. The molecule has 0 radical (unpaired) electrons. The molecule has 1 atom stereocenters. The minimum Gasteiger partial charge on any atom is -0.489 e. The summed E-state index contributed by atoms with van der Waals surface area (Å²) in [7, 11) is 0. The maximum atomic E-state index is 12.5. The summed E-state index contributed by atoms with van der Waals surface area (Å²) in [6.45, 7) is 8.61. The number of aliphatic imine (C=N–C) groups is 1. The van der Waals surface area contributed by atoms with Crippen molar-refractivity contribution in [1.82, 2.24) is 15.5 Å². The van der Waals surface area contributed by atoms with Crippen LogP contribution in [0.5, 0.6) is 5.75 Å². The standard InChI is InChI=1S/C20H32F2N4O.HI/c1-4-23-20(25-17-9-11-26(12-10-17)14-19(21)22)24-13-16(3)27-18-7-5-15(2)6-8-18;/h5-8,16-17,19H,4,9-14H2,1-3H3,(H2,23,24,25);1H. The van der Waals surface area contributed by atoms with Gasteiger partial charge in [0.2, 0.25) is 0 Å². The number of guanidine groups is 1. The Morgan fingerprint density at radius 2 is 1.89 bits per heavy atom. The van der Waals surface area contributed by atoms with Crippen molar-refractivity contribution in [3.05, 3.63) is 29.8 Å². The van der Waals surface area contributed by atoms with Crippen molar-refractivity contribution in [3.8, 4) is 5.75 Å². The van der Waals surface area contributed by atoms with Gasteiger partial charge in [0.15, 0.2) is 5.96 Å². The average molecular weight is 510 g/mol. The predicted octanol–water partition coefficient (Wildman–Crippen LogP) is 3.66. The lowest BCUT2D eigenvalue weighted by atomic mass is 10.1. The van der Waals surface area contributed by atoms with Gasteiger partial charge in [0.1, 0.15) is 11.9 Å². The first-order valence-corrected chi connectivity index (χ1v) is 9.75. The lowest BCUT2D eigenvalue weighted by molar-refractivity contribution is 0.0744. The molecule has 1 aromatic rings. The summed E-state index contributed by atoms with van der Waals surface area (Å²) in [6.07, 6.45) is -0.626. The molecule has 1 aliphatic rings. The third-order valence-corrected chi connectivity index (χ3v) is 4.53. The molecule has 0 saturated carbocycles. The number of likely N-dealkylation sites (tertiary alicyclic amines) is 1. The fourth-order valence-corrected chi connectivity index (χ4v) is 3.07. The van der Waals surface area contributed by atoms with E-state index in [4.69, 9.17) is 4.74 Å². The molecule has 2 N–H and O–H groups in total. The van der Waals surface area contributed by atoms with Crippen LogP contribution in [-0.4, -0.2) is 62.2 Å². The summed E-state index contributed by atoms with van der Waals surface area (Å²) in [5, 5.41) is 6.68. The third kappa shape index (κ3) is 9.36. The Hall–Kier alpha value is -1.16. The van der Waals surface area contributed by atoms with Gasteiger partial charge in [0.05, 0.1) is 13.1 Å². The van der Waals surface area contributed by atoms with Crippen LogP contribution in [0.25, 0.3) is 0 Å². The first-order valence-electron chi connectivity index (χ1n) is 9.75. The van der Waals surface area contributed by atoms with Gasteiger partial charge < -0.3 is 15.4 Å². The quantitative estimate of drug-likeness (QED) is 0.319. The van der Waals surface area contributed by atoms with Crippen molar-refractivity contribution in [3.63, 3.8) is 0 Å². The van der Waals surface area contributed by atoms with Crippen LogP contribution in [0.1, 0.15) is 32.3 Å². The molecule has 28 heavy (non-hydrogen) atoms. The minimum atomic E-state index is -2.26. The number of rotatable bonds is 8. The molecule has 2 rings (SSSR count). The van der Waals surface area contributed by atoms with Crippen LogP contribution in [0, 0.1) is 6.92 Å². The van der Waals surface area contributed by atoms with Crippen molar-refractivity contribution < 1.29 is 13.5 Å². The van der Waals surface area contributed by atoms with E-state index in [1.807, 2.05) is 49.9 Å². The highest BCUT2D eigenvalue weighted by Gasteiger charge is 2.22. The number of hydrogen-bond donors (Lipinski definition) is 2. The molecule has 8 heteroatoms. The molecule has 1 saturated heterocycles. The zero-order valence-corrected chi connectivity index (χ0v) is 19.3. The number of piperidine rings is 1. The van der Waals surface area contributed by atoms with Crippen LogP contribution < -0.4 is 15.4 Å². The zero-order chi connectivity index (χ0) is 19.6. The normalized spacial score (nSPS) is 17.1. The number of hydrogen-bond acceptors (Lipinski definition) is 3. The second-order valence-corrected chi connectivity index (χ2v) is 7.07. The fraction of sp³-hybridized carbons (Fsp3) is 0.650. The van der Waals surface area contributed by atoms with Gasteiger partial charge in [0.25, 0.3) is 6.43 Å². The highest BCUT2D eigenvalue weighted by Crippen LogP contribution is 2.14. The maximum absolute atomic E-state index is 12.5. The van der Waals surface area contributed by atoms with E-state index in [2.05, 4.69) is 15.6 Å². The number of nitrogens with one attached hydrogen (secondary N) is 2. The summed E-state index contributed by atoms with van der Waals surface area (Å²) < 4.78 is 30.9. The molecule has 5 nitrogen and oxygen atoms in total. The van der Waals surface area contributed by atoms with Gasteiger partial charge in [-0.2, -0.15) is 0 Å². The number of alkyl halides is 2. The Kier molecular flexibility index (Phi) is 11.7. The van der Waals surface area contributed by atoms with Crippen LogP contribution >= 0.6 is 24.0 Å². The molecule has 160 valence electrons. The second-order valence-electron chi connectivity index (χ2n) is 7.07. The van der Waals surface area contributed by atoms with Gasteiger partial charge in [-0.25, -0.2) is 13.8 Å². The summed E-state index contributed by atoms with van der Waals surface area (Å²) in [4.78, 5) is 6.45. The van der Waals surface area contributed by atoms with Gasteiger partial charge in [-0.3, -0.25) is 4.90 Å². The van der Waals surface area contributed by atoms with Crippen LogP contribution in [0.3, 0.4) is 0 Å². The number of ether oxygens (including phenoxy) is 1.